The van der Waals surface area contributed by atoms with Crippen molar-refractivity contribution in [2.24, 2.45) is 17.6 Å². The Bertz CT molecular complexity index is 1410. The molecule has 41 heavy (non-hydrogen) atoms. The fraction of sp³-hybridized carbons (Fsp3) is 0.567. The van der Waals surface area contributed by atoms with Gasteiger partial charge in [0.05, 0.1) is 11.6 Å². The first-order valence-electron chi connectivity index (χ1n) is 14.1. The van der Waals surface area contributed by atoms with Crippen molar-refractivity contribution >= 4 is 17.5 Å². The number of nitrogens with two attached hydrogens (primary N) is 1. The van der Waals surface area contributed by atoms with Crippen LogP contribution in [-0.4, -0.2) is 85.5 Å². The number of phenols is 1. The largest absolute Gasteiger partial charge is 0.510 e. The maximum atomic E-state index is 16.2. The fourth-order valence-corrected chi connectivity index (χ4v) is 7.81. The highest BCUT2D eigenvalue weighted by Crippen LogP contribution is 2.52. The number of likely N-dealkylation sites (N-methyl/N-ethyl adjacent to an activating group) is 1. The SMILES string of the molecule is CCN(Cc1cc(O)c2c(c1F)C[C@H]1C[C@H]3[C@H](N(C)C)C(O)=C(C(N)=O)C(=O)[C@@]3(O)C(O)=C1C2=O)C1(C)CCCC1. The number of nitrogens with zero attached hydrogens (tertiary/aromatic N) is 2. The van der Waals surface area contributed by atoms with Crippen LogP contribution in [0.3, 0.4) is 0 Å². The van der Waals surface area contributed by atoms with Gasteiger partial charge in [0.1, 0.15) is 28.7 Å². The minimum atomic E-state index is -2.73. The second-order valence-corrected chi connectivity index (χ2v) is 12.4. The van der Waals surface area contributed by atoms with Gasteiger partial charge in [-0.2, -0.15) is 0 Å². The molecule has 1 saturated carbocycles. The number of rotatable bonds is 6. The van der Waals surface area contributed by atoms with Crippen LogP contribution >= 0.6 is 0 Å². The Morgan fingerprint density at radius 2 is 1.80 bits per heavy atom. The molecule has 10 nitrogen and oxygen atoms in total. The van der Waals surface area contributed by atoms with Crippen molar-refractivity contribution in [3.63, 3.8) is 0 Å². The average Bonchev–Trinajstić information content (AvgIpc) is 3.34. The molecule has 1 fully saturated rings. The van der Waals surface area contributed by atoms with Gasteiger partial charge in [-0.15, -0.1) is 0 Å². The first-order chi connectivity index (χ1) is 19.2. The molecule has 4 atom stereocenters. The lowest BCUT2D eigenvalue weighted by Crippen LogP contribution is -2.63. The molecule has 0 radical (unpaired) electrons. The number of hydrogen-bond acceptors (Lipinski definition) is 9. The number of halogens is 1. The summed E-state index contributed by atoms with van der Waals surface area (Å²) in [5.41, 5.74) is 1.33. The lowest BCUT2D eigenvalue weighted by molar-refractivity contribution is -0.148. The molecule has 0 bridgehead atoms. The zero-order valence-corrected chi connectivity index (χ0v) is 23.8. The summed E-state index contributed by atoms with van der Waals surface area (Å²) in [5.74, 6) is -8.13. The first-order valence-corrected chi connectivity index (χ1v) is 14.1. The molecular formula is C30H38FN3O7. The van der Waals surface area contributed by atoms with Gasteiger partial charge in [0.25, 0.3) is 5.91 Å². The van der Waals surface area contributed by atoms with E-state index in [-0.39, 0.29) is 47.2 Å². The highest BCUT2D eigenvalue weighted by molar-refractivity contribution is 6.24. The van der Waals surface area contributed by atoms with Gasteiger partial charge in [-0.05, 0) is 65.2 Å². The van der Waals surface area contributed by atoms with Crippen molar-refractivity contribution < 1.29 is 39.2 Å². The third kappa shape index (κ3) is 4.11. The lowest BCUT2D eigenvalue weighted by Gasteiger charge is -2.50. The van der Waals surface area contributed by atoms with Gasteiger partial charge in [0, 0.05) is 34.7 Å². The van der Waals surface area contributed by atoms with Crippen molar-refractivity contribution in [2.45, 2.75) is 76.1 Å². The van der Waals surface area contributed by atoms with E-state index in [9.17, 15) is 34.8 Å². The average molecular weight is 572 g/mol. The number of primary amides is 1. The lowest BCUT2D eigenvalue weighted by atomic mass is 9.58. The maximum Gasteiger partial charge on any atom is 0.255 e. The molecule has 11 heteroatoms. The summed E-state index contributed by atoms with van der Waals surface area (Å²) < 4.78 is 16.2. The molecule has 5 rings (SSSR count). The van der Waals surface area contributed by atoms with Crippen molar-refractivity contribution in [2.75, 3.05) is 20.6 Å². The molecule has 0 aliphatic heterocycles. The van der Waals surface area contributed by atoms with Crippen LogP contribution < -0.4 is 5.73 Å². The van der Waals surface area contributed by atoms with Crippen LogP contribution in [0.1, 0.15) is 67.4 Å². The Labute approximate surface area is 237 Å². The molecule has 1 aromatic carbocycles. The molecule has 6 N–H and O–H groups in total. The van der Waals surface area contributed by atoms with Crippen LogP contribution in [0.25, 0.3) is 0 Å². The Kier molecular flexibility index (Phi) is 7.07. The van der Waals surface area contributed by atoms with Crippen LogP contribution in [0.2, 0.25) is 0 Å². The Morgan fingerprint density at radius 3 is 2.37 bits per heavy atom. The topological polar surface area (TPSA) is 165 Å². The van der Waals surface area contributed by atoms with E-state index < -0.39 is 69.6 Å². The summed E-state index contributed by atoms with van der Waals surface area (Å²) in [5, 5.41) is 44.9. The van der Waals surface area contributed by atoms with Crippen molar-refractivity contribution in [3.05, 3.63) is 51.2 Å². The minimum Gasteiger partial charge on any atom is -0.510 e. The first kappa shape index (κ1) is 29.2. The molecule has 0 unspecified atom stereocenters. The highest BCUT2D eigenvalue weighted by Gasteiger charge is 2.63. The van der Waals surface area contributed by atoms with Crippen molar-refractivity contribution in [1.82, 2.24) is 9.80 Å². The monoisotopic (exact) mass is 571 g/mol. The number of allylic oxidation sites excluding steroid dienone is 1. The molecule has 0 saturated heterocycles. The number of phenolic OH excluding ortho intramolecular Hbond substituents is 1. The van der Waals surface area contributed by atoms with E-state index in [1.54, 1.807) is 14.1 Å². The number of carbonyl (C=O) groups excluding carboxylic acids is 3. The molecule has 0 spiro atoms. The summed E-state index contributed by atoms with van der Waals surface area (Å²) in [6.45, 7) is 5.10. The number of aliphatic hydroxyl groups is 3. The number of aromatic hydroxyl groups is 1. The predicted molar refractivity (Wildman–Crippen MR) is 147 cm³/mol. The number of benzene rings is 1. The van der Waals surface area contributed by atoms with E-state index >= 15 is 4.39 Å². The molecule has 1 aromatic rings. The number of carbonyl (C=O) groups is 3. The Hall–Kier alpha value is -3.28. The molecule has 0 heterocycles. The van der Waals surface area contributed by atoms with E-state index in [0.717, 1.165) is 25.7 Å². The van der Waals surface area contributed by atoms with Crippen LogP contribution in [0.15, 0.2) is 28.7 Å². The van der Waals surface area contributed by atoms with Gasteiger partial charge >= 0.3 is 0 Å². The standard InChI is InChI=1S/C30H38FN3O7/c1-5-34(29(2)8-6-7-9-29)13-15-12-18(35)20-16(22(15)31)10-14-11-17-23(33(3)4)25(37)21(28(32)40)27(39)30(17,41)26(38)19(14)24(20)36/h12,14,17,23,35,37-38,41H,5-11,13H2,1-4H3,(H2,32,40)/t14-,17-,23-,30-/m0/s1. The second kappa shape index (κ2) is 9.92. The molecular weight excluding hydrogens is 533 g/mol. The van der Waals surface area contributed by atoms with E-state index in [1.165, 1.54) is 11.0 Å². The molecule has 222 valence electrons. The quantitative estimate of drug-likeness (QED) is 0.323. The molecule has 4 aliphatic carbocycles. The maximum absolute atomic E-state index is 16.2. The van der Waals surface area contributed by atoms with Gasteiger partial charge in [-0.25, -0.2) is 4.39 Å². The van der Waals surface area contributed by atoms with Gasteiger partial charge in [-0.1, -0.05) is 19.8 Å². The number of hydrogen-bond donors (Lipinski definition) is 5. The normalized spacial score (nSPS) is 29.2. The summed E-state index contributed by atoms with van der Waals surface area (Å²) in [6.07, 6.45) is 4.00. The van der Waals surface area contributed by atoms with Crippen LogP contribution in [0.5, 0.6) is 5.75 Å². The summed E-state index contributed by atoms with van der Waals surface area (Å²) in [4.78, 5) is 42.9. The van der Waals surface area contributed by atoms with Crippen LogP contribution in [0.4, 0.5) is 4.39 Å². The third-order valence-corrected chi connectivity index (χ3v) is 9.92. The number of Topliss-reactive ketones (excluding diaryl/α,β-unsaturated/α-hetero) is 2. The molecule has 1 amide bonds. The van der Waals surface area contributed by atoms with Crippen LogP contribution in [-0.2, 0) is 22.6 Å². The number of ketones is 2. The fourth-order valence-electron chi connectivity index (χ4n) is 7.81. The Balaban J connectivity index is 1.61. The van der Waals surface area contributed by atoms with Gasteiger partial charge < -0.3 is 26.2 Å². The zero-order valence-electron chi connectivity index (χ0n) is 23.8. The number of amides is 1. The van der Waals surface area contributed by atoms with Crippen molar-refractivity contribution in [3.8, 4) is 5.75 Å². The van der Waals surface area contributed by atoms with Gasteiger partial charge in [0.2, 0.25) is 5.78 Å². The third-order valence-electron chi connectivity index (χ3n) is 9.92. The van der Waals surface area contributed by atoms with Gasteiger partial charge in [-0.3, -0.25) is 24.2 Å². The summed E-state index contributed by atoms with van der Waals surface area (Å²) in [6, 6.07) is 0.140. The second-order valence-electron chi connectivity index (χ2n) is 12.4. The minimum absolute atomic E-state index is 0.0192. The van der Waals surface area contributed by atoms with Gasteiger partial charge in [0.15, 0.2) is 11.4 Å². The molecule has 4 aliphatic rings. The van der Waals surface area contributed by atoms with E-state index in [2.05, 4.69) is 11.8 Å². The zero-order chi connectivity index (χ0) is 30.2. The van der Waals surface area contributed by atoms with Crippen LogP contribution in [0, 0.1) is 17.7 Å². The highest BCUT2D eigenvalue weighted by atomic mass is 19.1. The smallest absolute Gasteiger partial charge is 0.255 e. The Morgan fingerprint density at radius 1 is 1.17 bits per heavy atom. The number of fused-ring (bicyclic) bond motifs is 3. The summed E-state index contributed by atoms with van der Waals surface area (Å²) >= 11 is 0. The van der Waals surface area contributed by atoms with E-state index in [4.69, 9.17) is 5.73 Å². The van der Waals surface area contributed by atoms with E-state index in [0.29, 0.717) is 6.54 Å². The number of aliphatic hydroxyl groups excluding tert-OH is 2. The van der Waals surface area contributed by atoms with E-state index in [1.807, 2.05) is 6.92 Å². The molecule has 0 aromatic heterocycles. The summed E-state index contributed by atoms with van der Waals surface area (Å²) in [7, 11) is 3.11. The predicted octanol–water partition coefficient (Wildman–Crippen LogP) is 2.41. The van der Waals surface area contributed by atoms with Crippen molar-refractivity contribution in [1.29, 1.82) is 0 Å².